The van der Waals surface area contributed by atoms with Gasteiger partial charge in [0.05, 0.1) is 10.6 Å². The van der Waals surface area contributed by atoms with Crippen LogP contribution >= 0.6 is 23.4 Å². The highest BCUT2D eigenvalue weighted by Gasteiger charge is 2.22. The molecule has 0 saturated carbocycles. The van der Waals surface area contributed by atoms with Crippen molar-refractivity contribution >= 4 is 35.2 Å². The zero-order valence-corrected chi connectivity index (χ0v) is 18.0. The Morgan fingerprint density at radius 3 is 2.70 bits per heavy atom. The van der Waals surface area contributed by atoms with Gasteiger partial charge in [-0.2, -0.15) is 16.9 Å². The summed E-state index contributed by atoms with van der Waals surface area (Å²) in [7, 11) is 0. The number of nitrogens with one attached hydrogen (secondary N) is 2. The minimum Gasteiger partial charge on any atom is -0.350 e. The topological polar surface area (TPSA) is 88.9 Å². The zero-order chi connectivity index (χ0) is 21.3. The van der Waals surface area contributed by atoms with Gasteiger partial charge in [0.25, 0.3) is 5.91 Å². The Balaban J connectivity index is 1.60. The predicted octanol–water partition coefficient (Wildman–Crippen LogP) is 3.09. The highest BCUT2D eigenvalue weighted by atomic mass is 35.5. The molecule has 0 bridgehead atoms. The number of hydrogen-bond acceptors (Lipinski definition) is 5. The number of aromatic nitrogens is 3. The third-order valence-corrected chi connectivity index (χ3v) is 5.34. The van der Waals surface area contributed by atoms with Gasteiger partial charge in [-0.3, -0.25) is 9.59 Å². The molecule has 0 radical (unpaired) electrons. The Morgan fingerprint density at radius 2 is 2.03 bits per heavy atom. The van der Waals surface area contributed by atoms with Gasteiger partial charge >= 0.3 is 0 Å². The van der Waals surface area contributed by atoms with Crippen molar-refractivity contribution in [2.45, 2.75) is 19.0 Å². The number of halogens is 1. The molecule has 2 N–H and O–H groups in total. The molecule has 156 valence electrons. The third kappa shape index (κ3) is 5.84. The molecule has 0 aliphatic heterocycles. The van der Waals surface area contributed by atoms with Crippen LogP contribution in [0.5, 0.6) is 0 Å². The minimum atomic E-state index is -0.655. The van der Waals surface area contributed by atoms with Crippen LogP contribution in [0.4, 0.5) is 0 Å². The van der Waals surface area contributed by atoms with Gasteiger partial charge in [0.1, 0.15) is 6.04 Å². The molecule has 1 aromatic carbocycles. The summed E-state index contributed by atoms with van der Waals surface area (Å²) in [4.78, 5) is 29.6. The van der Waals surface area contributed by atoms with E-state index in [9.17, 15) is 9.59 Å². The Bertz CT molecular complexity index is 979. The zero-order valence-electron chi connectivity index (χ0n) is 16.4. The lowest BCUT2D eigenvalue weighted by molar-refractivity contribution is -0.123. The van der Waals surface area contributed by atoms with Crippen LogP contribution in [0.1, 0.15) is 22.3 Å². The molecular formula is C21H22ClN5O2S. The molecule has 1 atom stereocenters. The smallest absolute Gasteiger partial charge is 0.253 e. The van der Waals surface area contributed by atoms with Crippen LogP contribution in [-0.4, -0.2) is 44.6 Å². The largest absolute Gasteiger partial charge is 0.350 e. The van der Waals surface area contributed by atoms with Crippen molar-refractivity contribution < 1.29 is 9.59 Å². The van der Waals surface area contributed by atoms with Crippen LogP contribution in [0, 0.1) is 0 Å². The molecular weight excluding hydrogens is 422 g/mol. The van der Waals surface area contributed by atoms with Crippen molar-refractivity contribution in [1.82, 2.24) is 25.4 Å². The lowest BCUT2D eigenvalue weighted by Gasteiger charge is -2.18. The number of nitrogens with zero attached hydrogens (tertiary/aromatic N) is 3. The van der Waals surface area contributed by atoms with Gasteiger partial charge in [-0.05, 0) is 48.3 Å². The first kappa shape index (κ1) is 21.9. The fourth-order valence-corrected chi connectivity index (χ4v) is 3.45. The predicted molar refractivity (Wildman–Crippen MR) is 119 cm³/mol. The Hall–Kier alpha value is -2.84. The van der Waals surface area contributed by atoms with Gasteiger partial charge in [-0.25, -0.2) is 9.67 Å². The van der Waals surface area contributed by atoms with Crippen LogP contribution in [0.15, 0.2) is 61.1 Å². The molecule has 2 aromatic heterocycles. The van der Waals surface area contributed by atoms with Crippen molar-refractivity contribution in [1.29, 1.82) is 0 Å². The van der Waals surface area contributed by atoms with Crippen molar-refractivity contribution in [3.8, 4) is 5.82 Å². The maximum absolute atomic E-state index is 12.7. The molecule has 3 rings (SSSR count). The van der Waals surface area contributed by atoms with Crippen molar-refractivity contribution in [3.05, 3.63) is 77.2 Å². The molecule has 30 heavy (non-hydrogen) atoms. The molecule has 0 saturated heterocycles. The first-order chi connectivity index (χ1) is 14.6. The molecule has 3 aromatic rings. The summed E-state index contributed by atoms with van der Waals surface area (Å²) in [5, 5.41) is 10.2. The lowest BCUT2D eigenvalue weighted by atomic mass is 10.1. The number of carbonyl (C=O) groups is 2. The van der Waals surface area contributed by atoms with Gasteiger partial charge in [0.2, 0.25) is 5.91 Å². The maximum Gasteiger partial charge on any atom is 0.253 e. The number of pyridine rings is 1. The van der Waals surface area contributed by atoms with Gasteiger partial charge < -0.3 is 10.6 Å². The van der Waals surface area contributed by atoms with E-state index in [1.54, 1.807) is 53.1 Å². The molecule has 2 heterocycles. The summed E-state index contributed by atoms with van der Waals surface area (Å²) in [5.41, 5.74) is 1.19. The Morgan fingerprint density at radius 1 is 1.20 bits per heavy atom. The summed E-state index contributed by atoms with van der Waals surface area (Å²) >= 11 is 7.71. The van der Waals surface area contributed by atoms with Crippen molar-refractivity contribution in [3.63, 3.8) is 0 Å². The van der Waals surface area contributed by atoms with E-state index >= 15 is 0 Å². The average molecular weight is 444 g/mol. The summed E-state index contributed by atoms with van der Waals surface area (Å²) in [6, 6.07) is 11.6. The van der Waals surface area contributed by atoms with E-state index in [2.05, 4.69) is 20.7 Å². The van der Waals surface area contributed by atoms with Gasteiger partial charge in [-0.1, -0.05) is 29.8 Å². The fourth-order valence-electron chi connectivity index (χ4n) is 2.76. The van der Waals surface area contributed by atoms with E-state index in [1.165, 1.54) is 0 Å². The van der Waals surface area contributed by atoms with Gasteiger partial charge in [-0.15, -0.1) is 0 Å². The van der Waals surface area contributed by atoms with Crippen LogP contribution in [0.2, 0.25) is 5.02 Å². The molecule has 0 aliphatic rings. The number of benzene rings is 1. The minimum absolute atomic E-state index is 0.249. The molecule has 7 nitrogen and oxygen atoms in total. The summed E-state index contributed by atoms with van der Waals surface area (Å²) < 4.78 is 1.66. The van der Waals surface area contributed by atoms with Gasteiger partial charge in [0.15, 0.2) is 5.82 Å². The molecule has 0 spiro atoms. The van der Waals surface area contributed by atoms with Crippen LogP contribution in [-0.2, 0) is 11.3 Å². The lowest BCUT2D eigenvalue weighted by Crippen LogP contribution is -2.47. The summed E-state index contributed by atoms with van der Waals surface area (Å²) in [6.07, 6.45) is 7.65. The van der Waals surface area contributed by atoms with E-state index in [-0.39, 0.29) is 11.8 Å². The second kappa shape index (κ2) is 10.8. The van der Waals surface area contributed by atoms with E-state index in [1.807, 2.05) is 30.7 Å². The Kier molecular flexibility index (Phi) is 7.87. The van der Waals surface area contributed by atoms with E-state index in [4.69, 9.17) is 11.6 Å². The number of carbonyl (C=O) groups excluding carboxylic acids is 2. The first-order valence-corrected chi connectivity index (χ1v) is 11.1. The van der Waals surface area contributed by atoms with E-state index in [0.717, 1.165) is 11.3 Å². The fraction of sp³-hybridized carbons (Fsp3) is 0.238. The summed E-state index contributed by atoms with van der Waals surface area (Å²) in [6.45, 7) is 0.308. The summed E-state index contributed by atoms with van der Waals surface area (Å²) in [5.74, 6) is 0.814. The third-order valence-electron chi connectivity index (χ3n) is 4.37. The maximum atomic E-state index is 12.7. The SMILES string of the molecule is CSCCC(NC(=O)c1ccccc1Cl)C(=O)NCc1ccc(-n2cccn2)nc1. The monoisotopic (exact) mass is 443 g/mol. The van der Waals surface area contributed by atoms with E-state index in [0.29, 0.717) is 29.4 Å². The quantitative estimate of drug-likeness (QED) is 0.530. The second-order valence-electron chi connectivity index (χ2n) is 6.48. The highest BCUT2D eigenvalue weighted by Crippen LogP contribution is 2.15. The second-order valence-corrected chi connectivity index (χ2v) is 7.87. The number of thioether (sulfide) groups is 1. The Labute approximate surface area is 184 Å². The van der Waals surface area contributed by atoms with Crippen LogP contribution in [0.25, 0.3) is 5.82 Å². The molecule has 9 heteroatoms. The van der Waals surface area contributed by atoms with Crippen LogP contribution < -0.4 is 10.6 Å². The average Bonchev–Trinajstić information content (AvgIpc) is 3.30. The van der Waals surface area contributed by atoms with E-state index < -0.39 is 6.04 Å². The molecule has 2 amide bonds. The van der Waals surface area contributed by atoms with Crippen molar-refractivity contribution in [2.24, 2.45) is 0 Å². The normalized spacial score (nSPS) is 11.7. The van der Waals surface area contributed by atoms with Crippen LogP contribution in [0.3, 0.4) is 0 Å². The standard InChI is InChI=1S/C21H22ClN5O2S/c1-30-12-9-18(26-20(28)16-5-2-3-6-17(16)22)21(29)24-14-15-7-8-19(23-13-15)27-11-4-10-25-27/h2-8,10-11,13,18H,9,12,14H2,1H3,(H,24,29)(H,26,28). The molecule has 1 unspecified atom stereocenters. The number of rotatable bonds is 9. The molecule has 0 aliphatic carbocycles. The van der Waals surface area contributed by atoms with Crippen molar-refractivity contribution in [2.75, 3.05) is 12.0 Å². The number of hydrogen-bond donors (Lipinski definition) is 2. The first-order valence-electron chi connectivity index (χ1n) is 9.35. The number of amides is 2. The van der Waals surface area contributed by atoms with Gasteiger partial charge in [0, 0.05) is 25.1 Å². The molecule has 0 fully saturated rings. The highest BCUT2D eigenvalue weighted by molar-refractivity contribution is 7.98.